The second kappa shape index (κ2) is 8.53. The summed E-state index contributed by atoms with van der Waals surface area (Å²) in [5, 5.41) is 14.0. The predicted octanol–water partition coefficient (Wildman–Crippen LogP) is 5.14. The van der Waals surface area contributed by atoms with Crippen LogP contribution in [0.25, 0.3) is 17.4 Å². The number of nitrogens with one attached hydrogen (secondary N) is 1. The third-order valence-electron chi connectivity index (χ3n) is 4.92. The molecule has 1 fully saturated rings. The van der Waals surface area contributed by atoms with E-state index in [2.05, 4.69) is 5.32 Å². The van der Waals surface area contributed by atoms with Crippen LogP contribution in [0.3, 0.4) is 0 Å². The van der Waals surface area contributed by atoms with Crippen LogP contribution in [0.4, 0.5) is 16.2 Å². The van der Waals surface area contributed by atoms with Gasteiger partial charge in [0.15, 0.2) is 0 Å². The topological polar surface area (TPSA) is 123 Å². The van der Waals surface area contributed by atoms with E-state index in [1.54, 1.807) is 19.1 Å². The van der Waals surface area contributed by atoms with Gasteiger partial charge >= 0.3 is 6.03 Å². The van der Waals surface area contributed by atoms with E-state index in [0.717, 1.165) is 11.0 Å². The highest BCUT2D eigenvalue weighted by Crippen LogP contribution is 2.34. The van der Waals surface area contributed by atoms with Crippen LogP contribution in [0.2, 0.25) is 10.0 Å². The average molecular weight is 486 g/mol. The van der Waals surface area contributed by atoms with Crippen molar-refractivity contribution in [2.75, 3.05) is 4.90 Å². The molecule has 0 unspecified atom stereocenters. The number of rotatable bonds is 4. The zero-order valence-electron chi connectivity index (χ0n) is 16.8. The van der Waals surface area contributed by atoms with Gasteiger partial charge in [-0.3, -0.25) is 25.0 Å². The fraction of sp³-hybridized carbons (Fsp3) is 0.0455. The first-order chi connectivity index (χ1) is 15.7. The highest BCUT2D eigenvalue weighted by Gasteiger charge is 2.38. The van der Waals surface area contributed by atoms with Crippen molar-refractivity contribution in [1.82, 2.24) is 5.32 Å². The number of hydrogen-bond acceptors (Lipinski definition) is 6. The number of barbiturate groups is 1. The predicted molar refractivity (Wildman–Crippen MR) is 121 cm³/mol. The number of nitro benzene ring substituents is 1. The van der Waals surface area contributed by atoms with E-state index in [-0.39, 0.29) is 39.1 Å². The number of furan rings is 1. The summed E-state index contributed by atoms with van der Waals surface area (Å²) in [5.74, 6) is -1.57. The standard InChI is InChI=1S/C22H13Cl2N3O6/c1-11-16(24)3-2-4-17(11)26-21(29)15(20(28)25-22(26)30)10-13-6-8-19(33-13)14-7-5-12(23)9-18(14)27(31)32/h2-10H,1H3,(H,25,28,30)/b15-10+. The lowest BCUT2D eigenvalue weighted by Crippen LogP contribution is -2.54. The van der Waals surface area contributed by atoms with E-state index in [9.17, 15) is 24.5 Å². The molecule has 166 valence electrons. The maximum absolute atomic E-state index is 13.1. The van der Waals surface area contributed by atoms with Crippen LogP contribution < -0.4 is 10.2 Å². The molecule has 2 heterocycles. The molecule has 1 aromatic heterocycles. The molecule has 9 nitrogen and oxygen atoms in total. The average Bonchev–Trinajstić information content (AvgIpc) is 3.22. The van der Waals surface area contributed by atoms with Crippen molar-refractivity contribution in [2.45, 2.75) is 6.92 Å². The van der Waals surface area contributed by atoms with Crippen molar-refractivity contribution in [3.8, 4) is 11.3 Å². The molecular formula is C22H13Cl2N3O6. The molecule has 33 heavy (non-hydrogen) atoms. The molecule has 1 saturated heterocycles. The molecule has 0 bridgehead atoms. The van der Waals surface area contributed by atoms with Gasteiger partial charge in [0.1, 0.15) is 17.1 Å². The summed E-state index contributed by atoms with van der Waals surface area (Å²) in [5.41, 5.74) is 0.239. The maximum Gasteiger partial charge on any atom is 0.335 e. The number of benzene rings is 2. The fourth-order valence-corrected chi connectivity index (χ4v) is 3.63. The quantitative estimate of drug-likeness (QED) is 0.236. The maximum atomic E-state index is 13.1. The second-order valence-electron chi connectivity index (χ2n) is 6.96. The molecule has 0 radical (unpaired) electrons. The molecule has 4 rings (SSSR count). The van der Waals surface area contributed by atoms with Crippen molar-refractivity contribution >= 4 is 58.5 Å². The number of hydrogen-bond donors (Lipinski definition) is 1. The van der Waals surface area contributed by atoms with Gasteiger partial charge in [-0.2, -0.15) is 0 Å². The van der Waals surface area contributed by atoms with Crippen LogP contribution in [0.1, 0.15) is 11.3 Å². The summed E-state index contributed by atoms with van der Waals surface area (Å²) in [6.45, 7) is 1.63. The normalized spacial score (nSPS) is 15.2. The van der Waals surface area contributed by atoms with E-state index in [1.165, 1.54) is 36.4 Å². The minimum Gasteiger partial charge on any atom is -0.456 e. The number of halogens is 2. The van der Waals surface area contributed by atoms with E-state index >= 15 is 0 Å². The molecule has 1 aliphatic rings. The Bertz CT molecular complexity index is 1380. The number of imide groups is 2. The van der Waals surface area contributed by atoms with Gasteiger partial charge in [-0.25, -0.2) is 9.69 Å². The molecule has 11 heteroatoms. The molecule has 2 aromatic carbocycles. The Balaban J connectivity index is 1.73. The zero-order valence-corrected chi connectivity index (χ0v) is 18.3. The molecule has 0 aliphatic carbocycles. The SMILES string of the molecule is Cc1c(Cl)cccc1N1C(=O)NC(=O)/C(=C\c2ccc(-c3ccc(Cl)cc3[N+](=O)[O-])o2)C1=O. The molecule has 1 N–H and O–H groups in total. The smallest absolute Gasteiger partial charge is 0.335 e. The van der Waals surface area contributed by atoms with Gasteiger partial charge in [0, 0.05) is 16.1 Å². The Kier molecular flexibility index (Phi) is 5.75. The number of urea groups is 1. The van der Waals surface area contributed by atoms with E-state index in [4.69, 9.17) is 27.6 Å². The first-order valence-electron chi connectivity index (χ1n) is 9.38. The number of carbonyl (C=O) groups excluding carboxylic acids is 3. The Labute approximate surface area is 196 Å². The number of carbonyl (C=O) groups is 3. The van der Waals surface area contributed by atoms with Crippen LogP contribution in [0.5, 0.6) is 0 Å². The van der Waals surface area contributed by atoms with Gasteiger partial charge in [-0.1, -0.05) is 29.3 Å². The van der Waals surface area contributed by atoms with Crippen LogP contribution in [0.15, 0.2) is 58.5 Å². The van der Waals surface area contributed by atoms with Crippen molar-refractivity contribution in [3.05, 3.63) is 85.6 Å². The lowest BCUT2D eigenvalue weighted by Gasteiger charge is -2.27. The van der Waals surface area contributed by atoms with Gasteiger partial charge < -0.3 is 4.42 Å². The third kappa shape index (κ3) is 4.11. The minimum absolute atomic E-state index is 0.0739. The van der Waals surface area contributed by atoms with E-state index in [0.29, 0.717) is 10.6 Å². The van der Waals surface area contributed by atoms with Crippen LogP contribution in [-0.2, 0) is 9.59 Å². The molecule has 4 amide bonds. The van der Waals surface area contributed by atoms with Gasteiger partial charge in [0.2, 0.25) is 0 Å². The van der Waals surface area contributed by atoms with Crippen molar-refractivity contribution in [1.29, 1.82) is 0 Å². The molecule has 1 aliphatic heterocycles. The second-order valence-corrected chi connectivity index (χ2v) is 7.81. The van der Waals surface area contributed by atoms with Gasteiger partial charge in [0.25, 0.3) is 17.5 Å². The zero-order chi connectivity index (χ0) is 23.9. The Hall–Kier alpha value is -3.95. The lowest BCUT2D eigenvalue weighted by molar-refractivity contribution is -0.384. The summed E-state index contributed by atoms with van der Waals surface area (Å²) in [4.78, 5) is 49.4. The largest absolute Gasteiger partial charge is 0.456 e. The minimum atomic E-state index is -0.913. The Morgan fingerprint density at radius 3 is 2.58 bits per heavy atom. The lowest BCUT2D eigenvalue weighted by atomic mass is 10.1. The summed E-state index contributed by atoms with van der Waals surface area (Å²) in [6.07, 6.45) is 1.15. The number of anilines is 1. The third-order valence-corrected chi connectivity index (χ3v) is 5.56. The first kappa shape index (κ1) is 22.3. The fourth-order valence-electron chi connectivity index (χ4n) is 3.30. The molecular weight excluding hydrogens is 473 g/mol. The summed E-state index contributed by atoms with van der Waals surface area (Å²) in [6, 6.07) is 10.8. The Morgan fingerprint density at radius 1 is 1.09 bits per heavy atom. The van der Waals surface area contributed by atoms with E-state index in [1.807, 2.05) is 0 Å². The van der Waals surface area contributed by atoms with Gasteiger partial charge in [-0.15, -0.1) is 0 Å². The van der Waals surface area contributed by atoms with Gasteiger partial charge in [0.05, 0.1) is 16.2 Å². The number of nitro groups is 1. The molecule has 0 saturated carbocycles. The molecule has 0 spiro atoms. The van der Waals surface area contributed by atoms with E-state index < -0.39 is 22.8 Å². The monoisotopic (exact) mass is 485 g/mol. The summed E-state index contributed by atoms with van der Waals surface area (Å²) < 4.78 is 5.63. The first-order valence-corrected chi connectivity index (χ1v) is 10.1. The molecule has 0 atom stereocenters. The van der Waals surface area contributed by atoms with Crippen LogP contribution >= 0.6 is 23.2 Å². The Morgan fingerprint density at radius 2 is 1.85 bits per heavy atom. The summed E-state index contributed by atoms with van der Waals surface area (Å²) >= 11 is 12.0. The van der Waals surface area contributed by atoms with Crippen LogP contribution in [0, 0.1) is 17.0 Å². The van der Waals surface area contributed by atoms with Crippen LogP contribution in [-0.4, -0.2) is 22.8 Å². The summed E-state index contributed by atoms with van der Waals surface area (Å²) in [7, 11) is 0. The highest BCUT2D eigenvalue weighted by atomic mass is 35.5. The van der Waals surface area contributed by atoms with Gasteiger partial charge in [-0.05, 0) is 55.0 Å². The molecule has 3 aromatic rings. The highest BCUT2D eigenvalue weighted by molar-refractivity contribution is 6.39. The van der Waals surface area contributed by atoms with Crippen molar-refractivity contribution in [3.63, 3.8) is 0 Å². The number of amides is 4. The van der Waals surface area contributed by atoms with Crippen molar-refractivity contribution < 1.29 is 23.7 Å². The van der Waals surface area contributed by atoms with Crippen molar-refractivity contribution in [2.24, 2.45) is 0 Å². The number of nitrogens with zero attached hydrogens (tertiary/aromatic N) is 2.